The number of benzene rings is 1. The van der Waals surface area contributed by atoms with Crippen LogP contribution in [-0.2, 0) is 9.53 Å². The molecule has 1 aliphatic carbocycles. The summed E-state index contributed by atoms with van der Waals surface area (Å²) in [5, 5.41) is 5.27. The fraction of sp³-hybridized carbons (Fsp3) is 0.538. The monoisotopic (exact) mass is 467 g/mol. The minimum atomic E-state index is -0.387. The molecular weight excluding hydrogens is 434 g/mol. The lowest BCUT2D eigenvalue weighted by Gasteiger charge is -2.44. The summed E-state index contributed by atoms with van der Waals surface area (Å²) in [5.41, 5.74) is 1.55. The van der Waals surface area contributed by atoms with E-state index in [0.29, 0.717) is 12.1 Å². The van der Waals surface area contributed by atoms with Crippen molar-refractivity contribution >= 4 is 23.2 Å². The highest BCUT2D eigenvalue weighted by molar-refractivity contribution is 7.10. The van der Waals surface area contributed by atoms with Gasteiger partial charge in [0, 0.05) is 36.1 Å². The van der Waals surface area contributed by atoms with E-state index in [-0.39, 0.29) is 29.8 Å². The molecule has 7 heteroatoms. The number of nitrogens with one attached hydrogen (secondary N) is 1. The molecule has 5 rings (SSSR count). The van der Waals surface area contributed by atoms with Gasteiger partial charge in [-0.25, -0.2) is 0 Å². The first-order valence-corrected chi connectivity index (χ1v) is 13.1. The van der Waals surface area contributed by atoms with E-state index in [0.717, 1.165) is 75.4 Å². The summed E-state index contributed by atoms with van der Waals surface area (Å²) in [6, 6.07) is 11.8. The SMILES string of the molecule is O=C(NCCCN1CCOCC1)C1c2ccccc2C(=O)N(C2CCCC2)C1c1cccs1. The first-order chi connectivity index (χ1) is 16.2. The van der Waals surface area contributed by atoms with Crippen LogP contribution in [0.5, 0.6) is 0 Å². The molecule has 1 aromatic heterocycles. The van der Waals surface area contributed by atoms with E-state index in [1.807, 2.05) is 35.7 Å². The molecule has 33 heavy (non-hydrogen) atoms. The Bertz CT molecular complexity index is 951. The van der Waals surface area contributed by atoms with E-state index in [4.69, 9.17) is 4.74 Å². The van der Waals surface area contributed by atoms with Gasteiger partial charge in [-0.1, -0.05) is 37.1 Å². The van der Waals surface area contributed by atoms with Crippen LogP contribution in [0.4, 0.5) is 0 Å². The molecule has 0 spiro atoms. The highest BCUT2D eigenvalue weighted by Crippen LogP contribution is 2.47. The molecule has 2 aromatic rings. The molecule has 0 bridgehead atoms. The number of ether oxygens (including phenoxy) is 1. The number of morpholine rings is 1. The number of nitrogens with zero attached hydrogens (tertiary/aromatic N) is 2. The summed E-state index contributed by atoms with van der Waals surface area (Å²) >= 11 is 1.64. The second-order valence-corrected chi connectivity index (χ2v) is 10.3. The second-order valence-electron chi connectivity index (χ2n) is 9.27. The van der Waals surface area contributed by atoms with Gasteiger partial charge in [-0.2, -0.15) is 0 Å². The quantitative estimate of drug-likeness (QED) is 0.629. The third-order valence-electron chi connectivity index (χ3n) is 7.27. The van der Waals surface area contributed by atoms with Crippen molar-refractivity contribution in [2.45, 2.75) is 50.1 Å². The van der Waals surface area contributed by atoms with Crippen molar-refractivity contribution in [3.05, 3.63) is 57.8 Å². The molecule has 1 saturated carbocycles. The van der Waals surface area contributed by atoms with E-state index in [9.17, 15) is 9.59 Å². The zero-order valence-corrected chi connectivity index (χ0v) is 19.9. The van der Waals surface area contributed by atoms with Crippen LogP contribution in [0.15, 0.2) is 41.8 Å². The van der Waals surface area contributed by atoms with Crippen molar-refractivity contribution in [2.24, 2.45) is 0 Å². The zero-order chi connectivity index (χ0) is 22.6. The highest BCUT2D eigenvalue weighted by Gasteiger charge is 2.47. The van der Waals surface area contributed by atoms with Gasteiger partial charge in [0.2, 0.25) is 5.91 Å². The first-order valence-electron chi connectivity index (χ1n) is 12.3. The fourth-order valence-corrected chi connectivity index (χ4v) is 6.49. The van der Waals surface area contributed by atoms with Crippen LogP contribution in [0, 0.1) is 0 Å². The number of thiophene rings is 1. The molecule has 1 aromatic carbocycles. The summed E-state index contributed by atoms with van der Waals surface area (Å²) in [6.07, 6.45) is 5.24. The summed E-state index contributed by atoms with van der Waals surface area (Å²) < 4.78 is 5.42. The number of amides is 2. The predicted molar refractivity (Wildman–Crippen MR) is 130 cm³/mol. The third-order valence-corrected chi connectivity index (χ3v) is 8.21. The van der Waals surface area contributed by atoms with Gasteiger partial charge in [-0.3, -0.25) is 14.5 Å². The summed E-state index contributed by atoms with van der Waals surface area (Å²) in [5.74, 6) is -0.285. The van der Waals surface area contributed by atoms with Gasteiger partial charge in [-0.15, -0.1) is 11.3 Å². The minimum Gasteiger partial charge on any atom is -0.379 e. The lowest BCUT2D eigenvalue weighted by molar-refractivity contribution is -0.124. The second kappa shape index (κ2) is 10.4. The first kappa shape index (κ1) is 22.6. The van der Waals surface area contributed by atoms with E-state index in [1.54, 1.807) is 11.3 Å². The molecule has 6 nitrogen and oxygen atoms in total. The number of fused-ring (bicyclic) bond motifs is 1. The molecule has 2 fully saturated rings. The molecule has 176 valence electrons. The average Bonchev–Trinajstić information content (AvgIpc) is 3.57. The van der Waals surface area contributed by atoms with Crippen molar-refractivity contribution in [3.8, 4) is 0 Å². The molecule has 2 unspecified atom stereocenters. The predicted octanol–water partition coefficient (Wildman–Crippen LogP) is 3.81. The van der Waals surface area contributed by atoms with Crippen LogP contribution >= 0.6 is 11.3 Å². The molecule has 2 amide bonds. The van der Waals surface area contributed by atoms with Crippen LogP contribution in [0.1, 0.15) is 64.9 Å². The van der Waals surface area contributed by atoms with Crippen molar-refractivity contribution in [2.75, 3.05) is 39.4 Å². The van der Waals surface area contributed by atoms with Gasteiger partial charge in [0.25, 0.3) is 5.91 Å². The summed E-state index contributed by atoms with van der Waals surface area (Å²) in [4.78, 5) is 32.9. The van der Waals surface area contributed by atoms with Crippen LogP contribution in [-0.4, -0.2) is 67.0 Å². The molecule has 2 atom stereocenters. The molecule has 3 aliphatic rings. The Kier molecular flexibility index (Phi) is 7.09. The lowest BCUT2D eigenvalue weighted by Crippen LogP contribution is -2.50. The van der Waals surface area contributed by atoms with E-state index in [2.05, 4.69) is 21.2 Å². The maximum atomic E-state index is 13.7. The minimum absolute atomic E-state index is 0.0262. The Morgan fingerprint density at radius 2 is 1.88 bits per heavy atom. The Morgan fingerprint density at radius 3 is 2.64 bits per heavy atom. The number of carbonyl (C=O) groups is 2. The Hall–Kier alpha value is -2.22. The Morgan fingerprint density at radius 1 is 1.09 bits per heavy atom. The van der Waals surface area contributed by atoms with Crippen LogP contribution < -0.4 is 5.32 Å². The van der Waals surface area contributed by atoms with Crippen LogP contribution in [0.3, 0.4) is 0 Å². The molecule has 3 heterocycles. The fourth-order valence-electron chi connectivity index (χ4n) is 5.63. The molecule has 2 aliphatic heterocycles. The van der Waals surface area contributed by atoms with E-state index in [1.165, 1.54) is 0 Å². The van der Waals surface area contributed by atoms with Crippen molar-refractivity contribution in [1.82, 2.24) is 15.1 Å². The molecular formula is C26H33N3O3S. The van der Waals surface area contributed by atoms with Crippen molar-refractivity contribution in [1.29, 1.82) is 0 Å². The van der Waals surface area contributed by atoms with Gasteiger partial charge in [0.05, 0.1) is 25.2 Å². The van der Waals surface area contributed by atoms with Crippen LogP contribution in [0.25, 0.3) is 0 Å². The van der Waals surface area contributed by atoms with Crippen LogP contribution in [0.2, 0.25) is 0 Å². The number of rotatable bonds is 7. The maximum Gasteiger partial charge on any atom is 0.254 e. The Balaban J connectivity index is 1.39. The largest absolute Gasteiger partial charge is 0.379 e. The zero-order valence-electron chi connectivity index (χ0n) is 19.1. The number of hydrogen-bond acceptors (Lipinski definition) is 5. The smallest absolute Gasteiger partial charge is 0.254 e. The standard InChI is InChI=1S/C26H33N3O3S/c30-25(27-12-6-13-28-14-16-32-17-15-28)23-20-9-3-4-10-21(20)26(31)29(19-7-1-2-8-19)24(23)22-11-5-18-33-22/h3-5,9-11,18-19,23-24H,1-2,6-8,12-17H2,(H,27,30). The molecule has 0 radical (unpaired) electrons. The maximum absolute atomic E-state index is 13.7. The van der Waals surface area contributed by atoms with E-state index >= 15 is 0 Å². The molecule has 1 N–H and O–H groups in total. The Labute approximate surface area is 199 Å². The lowest BCUT2D eigenvalue weighted by atomic mass is 9.80. The topological polar surface area (TPSA) is 61.9 Å². The highest BCUT2D eigenvalue weighted by atomic mass is 32.1. The average molecular weight is 468 g/mol. The normalized spacial score (nSPS) is 24.1. The van der Waals surface area contributed by atoms with Crippen molar-refractivity contribution < 1.29 is 14.3 Å². The van der Waals surface area contributed by atoms with Gasteiger partial charge in [0.1, 0.15) is 0 Å². The number of hydrogen-bond donors (Lipinski definition) is 1. The number of carbonyl (C=O) groups excluding carboxylic acids is 2. The summed E-state index contributed by atoms with van der Waals surface area (Å²) in [7, 11) is 0. The van der Waals surface area contributed by atoms with Gasteiger partial charge >= 0.3 is 0 Å². The third kappa shape index (κ3) is 4.72. The van der Waals surface area contributed by atoms with Gasteiger partial charge in [-0.05, 0) is 48.9 Å². The van der Waals surface area contributed by atoms with Crippen molar-refractivity contribution in [3.63, 3.8) is 0 Å². The van der Waals surface area contributed by atoms with E-state index < -0.39 is 0 Å². The van der Waals surface area contributed by atoms with Gasteiger partial charge in [0.15, 0.2) is 0 Å². The van der Waals surface area contributed by atoms with Gasteiger partial charge < -0.3 is 15.0 Å². The summed E-state index contributed by atoms with van der Waals surface area (Å²) in [6.45, 7) is 5.11. The molecule has 1 saturated heterocycles.